The van der Waals surface area contributed by atoms with Crippen LogP contribution in [0.1, 0.15) is 16.3 Å². The number of rotatable bonds is 5. The number of amides is 1. The molecule has 1 aliphatic rings. The number of carbonyl (C=O) groups excluding carboxylic acids is 1. The van der Waals surface area contributed by atoms with E-state index in [1.165, 1.54) is 5.56 Å². The van der Waals surface area contributed by atoms with Crippen molar-refractivity contribution in [3.8, 4) is 5.75 Å². The van der Waals surface area contributed by atoms with E-state index in [-0.39, 0.29) is 5.91 Å². The second kappa shape index (κ2) is 7.57. The van der Waals surface area contributed by atoms with Gasteiger partial charge in [0.15, 0.2) is 0 Å². The van der Waals surface area contributed by atoms with Crippen molar-refractivity contribution in [3.05, 3.63) is 45.9 Å². The molecule has 5 nitrogen and oxygen atoms in total. The molecule has 2 heterocycles. The van der Waals surface area contributed by atoms with Gasteiger partial charge in [0.25, 0.3) is 0 Å². The highest BCUT2D eigenvalue weighted by Crippen LogP contribution is 2.16. The van der Waals surface area contributed by atoms with Crippen molar-refractivity contribution in [1.29, 1.82) is 0 Å². The van der Waals surface area contributed by atoms with Gasteiger partial charge in [0.1, 0.15) is 17.4 Å². The Balaban J connectivity index is 1.51. The smallest absolute Gasteiger partial charge is 0.228 e. The van der Waals surface area contributed by atoms with Gasteiger partial charge >= 0.3 is 0 Å². The molecule has 122 valence electrons. The number of nitrogens with one attached hydrogen (secondary N) is 1. The van der Waals surface area contributed by atoms with Crippen LogP contribution in [0.2, 0.25) is 0 Å². The number of ether oxygens (including phenoxy) is 1. The van der Waals surface area contributed by atoms with Crippen molar-refractivity contribution in [2.24, 2.45) is 0 Å². The molecule has 0 bridgehead atoms. The number of nitrogens with zero attached hydrogens (tertiary/aromatic N) is 2. The summed E-state index contributed by atoms with van der Waals surface area (Å²) in [5, 5.41) is 6.10. The Hall–Kier alpha value is -1.92. The maximum atomic E-state index is 12.2. The van der Waals surface area contributed by atoms with E-state index in [9.17, 15) is 4.79 Å². The molecule has 0 saturated carbocycles. The highest BCUT2D eigenvalue weighted by atomic mass is 32.1. The highest BCUT2D eigenvalue weighted by molar-refractivity contribution is 7.09. The van der Waals surface area contributed by atoms with Gasteiger partial charge in [0.05, 0.1) is 12.1 Å². The first-order chi connectivity index (χ1) is 11.2. The highest BCUT2D eigenvalue weighted by Gasteiger charge is 2.17. The minimum absolute atomic E-state index is 0.155. The van der Waals surface area contributed by atoms with Crippen LogP contribution >= 0.6 is 11.3 Å². The fourth-order valence-corrected chi connectivity index (χ4v) is 3.16. The molecule has 1 aromatic carbocycles. The SMILES string of the molecule is Cc1ccc(OCc2nc(CC(=O)N3CCNCC3)cs2)cc1. The number of carbonyl (C=O) groups is 1. The molecule has 0 unspecified atom stereocenters. The van der Waals surface area contributed by atoms with Gasteiger partial charge in [0, 0.05) is 31.6 Å². The van der Waals surface area contributed by atoms with Crippen molar-refractivity contribution in [2.75, 3.05) is 26.2 Å². The van der Waals surface area contributed by atoms with Crippen molar-refractivity contribution in [1.82, 2.24) is 15.2 Å². The van der Waals surface area contributed by atoms with Crippen LogP contribution in [0.15, 0.2) is 29.6 Å². The summed E-state index contributed by atoms with van der Waals surface area (Å²) in [5.74, 6) is 0.993. The van der Waals surface area contributed by atoms with E-state index in [4.69, 9.17) is 4.74 Å². The van der Waals surface area contributed by atoms with Crippen LogP contribution in [0.25, 0.3) is 0 Å². The Kier molecular flexibility index (Phi) is 5.25. The van der Waals surface area contributed by atoms with Crippen LogP contribution in [-0.4, -0.2) is 42.0 Å². The Bertz CT molecular complexity index is 648. The molecule has 1 saturated heterocycles. The summed E-state index contributed by atoms with van der Waals surface area (Å²) in [7, 11) is 0. The summed E-state index contributed by atoms with van der Waals surface area (Å²) < 4.78 is 5.73. The molecule has 3 rings (SSSR count). The number of aryl methyl sites for hydroxylation is 1. The fourth-order valence-electron chi connectivity index (χ4n) is 2.46. The van der Waals surface area contributed by atoms with Crippen LogP contribution in [-0.2, 0) is 17.8 Å². The normalized spacial score (nSPS) is 14.7. The minimum atomic E-state index is 0.155. The van der Waals surface area contributed by atoms with Gasteiger partial charge in [-0.05, 0) is 19.1 Å². The predicted molar refractivity (Wildman–Crippen MR) is 90.8 cm³/mol. The zero-order valence-corrected chi connectivity index (χ0v) is 14.1. The Labute approximate surface area is 140 Å². The van der Waals surface area contributed by atoms with Crippen LogP contribution in [0, 0.1) is 6.92 Å². The van der Waals surface area contributed by atoms with Crippen molar-refractivity contribution < 1.29 is 9.53 Å². The third-order valence-corrected chi connectivity index (χ3v) is 4.66. The maximum Gasteiger partial charge on any atom is 0.228 e. The molecule has 0 aliphatic carbocycles. The van der Waals surface area contributed by atoms with E-state index < -0.39 is 0 Å². The Morgan fingerprint density at radius 2 is 2.04 bits per heavy atom. The zero-order chi connectivity index (χ0) is 16.1. The van der Waals surface area contributed by atoms with Crippen LogP contribution < -0.4 is 10.1 Å². The summed E-state index contributed by atoms with van der Waals surface area (Å²) in [6, 6.07) is 7.96. The molecule has 0 spiro atoms. The lowest BCUT2D eigenvalue weighted by Gasteiger charge is -2.27. The van der Waals surface area contributed by atoms with Crippen molar-refractivity contribution in [2.45, 2.75) is 20.0 Å². The largest absolute Gasteiger partial charge is 0.486 e. The second-order valence-electron chi connectivity index (χ2n) is 5.64. The first-order valence-corrected chi connectivity index (χ1v) is 8.70. The Morgan fingerprint density at radius 3 is 2.78 bits per heavy atom. The third kappa shape index (κ3) is 4.53. The van der Waals surface area contributed by atoms with Gasteiger partial charge in [-0.2, -0.15) is 0 Å². The van der Waals surface area contributed by atoms with Gasteiger partial charge in [-0.25, -0.2) is 4.98 Å². The summed E-state index contributed by atoms with van der Waals surface area (Å²) in [4.78, 5) is 18.6. The number of thiazole rings is 1. The van der Waals surface area contributed by atoms with E-state index in [1.54, 1.807) is 11.3 Å². The lowest BCUT2D eigenvalue weighted by atomic mass is 10.2. The average Bonchev–Trinajstić information content (AvgIpc) is 3.02. The van der Waals surface area contributed by atoms with Crippen molar-refractivity contribution in [3.63, 3.8) is 0 Å². The molecule has 0 radical (unpaired) electrons. The topological polar surface area (TPSA) is 54.5 Å². The van der Waals surface area contributed by atoms with Gasteiger partial charge in [-0.15, -0.1) is 11.3 Å². The monoisotopic (exact) mass is 331 g/mol. The first-order valence-electron chi connectivity index (χ1n) is 7.82. The van der Waals surface area contributed by atoms with E-state index >= 15 is 0 Å². The van der Waals surface area contributed by atoms with E-state index in [1.807, 2.05) is 41.5 Å². The fraction of sp³-hybridized carbons (Fsp3) is 0.412. The molecular formula is C17H21N3O2S. The predicted octanol–water partition coefficient (Wildman–Crippen LogP) is 2.00. The van der Waals surface area contributed by atoms with Gasteiger partial charge in [-0.3, -0.25) is 4.79 Å². The molecule has 0 atom stereocenters. The van der Waals surface area contributed by atoms with Crippen LogP contribution in [0.3, 0.4) is 0 Å². The zero-order valence-electron chi connectivity index (χ0n) is 13.2. The summed E-state index contributed by atoms with van der Waals surface area (Å²) in [6.07, 6.45) is 0.376. The lowest BCUT2D eigenvalue weighted by Crippen LogP contribution is -2.46. The molecule has 2 aromatic rings. The van der Waals surface area contributed by atoms with Crippen molar-refractivity contribution >= 4 is 17.2 Å². The van der Waals surface area contributed by atoms with Crippen LogP contribution in [0.4, 0.5) is 0 Å². The molecule has 1 N–H and O–H groups in total. The molecule has 23 heavy (non-hydrogen) atoms. The van der Waals surface area contributed by atoms with Gasteiger partial charge in [-0.1, -0.05) is 17.7 Å². The number of benzene rings is 1. The summed E-state index contributed by atoms with van der Waals surface area (Å²) in [6.45, 7) is 5.80. The third-order valence-electron chi connectivity index (χ3n) is 3.78. The quantitative estimate of drug-likeness (QED) is 0.910. The van der Waals surface area contributed by atoms with Gasteiger partial charge in [0.2, 0.25) is 5.91 Å². The number of piperazine rings is 1. The number of aromatic nitrogens is 1. The van der Waals surface area contributed by atoms with Crippen LogP contribution in [0.5, 0.6) is 5.75 Å². The molecule has 1 aromatic heterocycles. The molecular weight excluding hydrogens is 310 g/mol. The lowest BCUT2D eigenvalue weighted by molar-refractivity contribution is -0.131. The summed E-state index contributed by atoms with van der Waals surface area (Å²) >= 11 is 1.54. The molecule has 1 amide bonds. The molecule has 1 fully saturated rings. The average molecular weight is 331 g/mol. The van der Waals surface area contributed by atoms with E-state index in [0.717, 1.165) is 42.6 Å². The maximum absolute atomic E-state index is 12.2. The summed E-state index contributed by atoms with van der Waals surface area (Å²) in [5.41, 5.74) is 2.04. The van der Waals surface area contributed by atoms with E-state index in [0.29, 0.717) is 13.0 Å². The molecule has 6 heteroatoms. The Morgan fingerprint density at radius 1 is 1.30 bits per heavy atom. The number of hydrogen-bond donors (Lipinski definition) is 1. The minimum Gasteiger partial charge on any atom is -0.486 e. The standard InChI is InChI=1S/C17H21N3O2S/c1-13-2-4-15(5-3-13)22-11-16-19-14(12-23-16)10-17(21)20-8-6-18-7-9-20/h2-5,12,18H,6-11H2,1H3. The number of hydrogen-bond acceptors (Lipinski definition) is 5. The molecule has 1 aliphatic heterocycles. The van der Waals surface area contributed by atoms with Gasteiger partial charge < -0.3 is 15.0 Å². The first kappa shape index (κ1) is 16.0. The van der Waals surface area contributed by atoms with E-state index in [2.05, 4.69) is 10.3 Å². The second-order valence-corrected chi connectivity index (χ2v) is 6.58.